The zero-order valence-electron chi connectivity index (χ0n) is 19.3. The fourth-order valence-corrected chi connectivity index (χ4v) is 5.66. The number of hydrogen-bond acceptors (Lipinski definition) is 7. The Morgan fingerprint density at radius 1 is 0.818 bits per heavy atom. The highest BCUT2D eigenvalue weighted by molar-refractivity contribution is 7.89. The molecule has 2 heterocycles. The van der Waals surface area contributed by atoms with E-state index in [-0.39, 0.29) is 0 Å². The van der Waals surface area contributed by atoms with Gasteiger partial charge in [-0.25, -0.2) is 8.42 Å². The second-order valence-electron chi connectivity index (χ2n) is 8.01. The number of hydrogen-bond donors (Lipinski definition) is 0. The number of ether oxygens (including phenoxy) is 2. The predicted molar refractivity (Wildman–Crippen MR) is 127 cm³/mol. The van der Waals surface area contributed by atoms with E-state index in [9.17, 15) is 8.42 Å². The summed E-state index contributed by atoms with van der Waals surface area (Å²) < 4.78 is 38.4. The third-order valence-electron chi connectivity index (χ3n) is 5.84. The fourth-order valence-electron chi connectivity index (χ4n) is 4.03. The minimum atomic E-state index is -3.52. The first-order chi connectivity index (χ1) is 15.8. The second-order valence-corrected chi connectivity index (χ2v) is 9.91. The molecule has 0 N–H and O–H groups in total. The van der Waals surface area contributed by atoms with E-state index in [1.807, 2.05) is 56.3 Å². The van der Waals surface area contributed by atoms with Crippen LogP contribution in [0.3, 0.4) is 0 Å². The molecule has 1 fully saturated rings. The summed E-state index contributed by atoms with van der Waals surface area (Å²) in [5.41, 5.74) is 3.41. The average molecular weight is 469 g/mol. The van der Waals surface area contributed by atoms with Crippen LogP contribution >= 0.6 is 0 Å². The van der Waals surface area contributed by atoms with Crippen LogP contribution in [-0.2, 0) is 10.0 Å². The summed E-state index contributed by atoms with van der Waals surface area (Å²) >= 11 is 0. The highest BCUT2D eigenvalue weighted by Gasteiger charge is 2.30. The lowest BCUT2D eigenvalue weighted by Gasteiger charge is -2.34. The molecule has 0 amide bonds. The van der Waals surface area contributed by atoms with E-state index in [0.29, 0.717) is 42.6 Å². The molecule has 1 aliphatic rings. The van der Waals surface area contributed by atoms with Gasteiger partial charge < -0.3 is 14.4 Å². The van der Waals surface area contributed by atoms with Gasteiger partial charge in [-0.15, -0.1) is 10.2 Å². The van der Waals surface area contributed by atoms with Gasteiger partial charge in [-0.2, -0.15) is 4.31 Å². The van der Waals surface area contributed by atoms with Crippen molar-refractivity contribution in [1.82, 2.24) is 14.5 Å². The molecule has 1 aromatic heterocycles. The van der Waals surface area contributed by atoms with E-state index in [2.05, 4.69) is 15.1 Å². The Morgan fingerprint density at radius 3 is 2.15 bits per heavy atom. The van der Waals surface area contributed by atoms with E-state index >= 15 is 0 Å². The molecule has 2 aromatic carbocycles. The summed E-state index contributed by atoms with van der Waals surface area (Å²) in [5, 5.41) is 8.75. The van der Waals surface area contributed by atoms with Crippen molar-refractivity contribution in [3.05, 3.63) is 59.7 Å². The number of rotatable bonds is 6. The smallest absolute Gasteiger partial charge is 0.243 e. The Kier molecular flexibility index (Phi) is 6.53. The van der Waals surface area contributed by atoms with Gasteiger partial charge in [0.25, 0.3) is 0 Å². The van der Waals surface area contributed by atoms with E-state index in [1.54, 1.807) is 24.6 Å². The van der Waals surface area contributed by atoms with Crippen molar-refractivity contribution < 1.29 is 17.9 Å². The summed E-state index contributed by atoms with van der Waals surface area (Å²) in [4.78, 5) is 2.43. The van der Waals surface area contributed by atoms with Crippen molar-refractivity contribution in [2.75, 3.05) is 45.3 Å². The molecule has 4 rings (SSSR count). The predicted octanol–water partition coefficient (Wildman–Crippen LogP) is 3.29. The SMILES string of the molecule is COc1ccc(-c2ccc(N3CCN(S(=O)(=O)c4ccc(C)cc4C)CC3)nn2)cc1OC. The second kappa shape index (κ2) is 9.36. The highest BCUT2D eigenvalue weighted by atomic mass is 32.2. The molecule has 9 heteroatoms. The maximum absolute atomic E-state index is 13.1. The third-order valence-corrected chi connectivity index (χ3v) is 7.90. The average Bonchev–Trinajstić information content (AvgIpc) is 2.83. The van der Waals surface area contributed by atoms with Crippen LogP contribution in [0.15, 0.2) is 53.4 Å². The largest absolute Gasteiger partial charge is 0.493 e. The van der Waals surface area contributed by atoms with Crippen LogP contribution in [0.4, 0.5) is 5.82 Å². The number of nitrogens with zero attached hydrogens (tertiary/aromatic N) is 4. The van der Waals surface area contributed by atoms with E-state index in [0.717, 1.165) is 28.2 Å². The Bertz CT molecular complexity index is 1240. The van der Waals surface area contributed by atoms with Gasteiger partial charge in [0, 0.05) is 31.7 Å². The van der Waals surface area contributed by atoms with Crippen molar-refractivity contribution in [1.29, 1.82) is 0 Å². The Hall–Kier alpha value is -3.17. The normalized spacial score (nSPS) is 14.8. The quantitative estimate of drug-likeness (QED) is 0.549. The zero-order valence-corrected chi connectivity index (χ0v) is 20.1. The first-order valence-corrected chi connectivity index (χ1v) is 12.2. The minimum Gasteiger partial charge on any atom is -0.493 e. The molecule has 0 saturated carbocycles. The maximum Gasteiger partial charge on any atom is 0.243 e. The summed E-state index contributed by atoms with van der Waals surface area (Å²) in [6.45, 7) is 5.69. The van der Waals surface area contributed by atoms with E-state index in [4.69, 9.17) is 9.47 Å². The summed E-state index contributed by atoms with van der Waals surface area (Å²) in [6, 6.07) is 14.9. The van der Waals surface area contributed by atoms with Crippen LogP contribution in [-0.4, -0.2) is 63.3 Å². The minimum absolute atomic E-state index is 0.376. The number of aromatic nitrogens is 2. The lowest BCUT2D eigenvalue weighted by atomic mass is 10.1. The van der Waals surface area contributed by atoms with Gasteiger partial charge >= 0.3 is 0 Å². The highest BCUT2D eigenvalue weighted by Crippen LogP contribution is 2.32. The van der Waals surface area contributed by atoms with Crippen LogP contribution in [0, 0.1) is 13.8 Å². The molecule has 174 valence electrons. The van der Waals surface area contributed by atoms with Crippen molar-refractivity contribution >= 4 is 15.8 Å². The standard InChI is InChI=1S/C24H28N4O4S/c1-17-5-9-23(18(2)15-17)33(29,30)28-13-11-27(12-14-28)24-10-7-20(25-26-24)19-6-8-21(31-3)22(16-19)32-4/h5-10,15-16H,11-14H2,1-4H3. The van der Waals surface area contributed by atoms with Crippen LogP contribution in [0.25, 0.3) is 11.3 Å². The third kappa shape index (κ3) is 4.65. The van der Waals surface area contributed by atoms with Gasteiger partial charge in [-0.3, -0.25) is 0 Å². The molecular formula is C24H28N4O4S. The van der Waals surface area contributed by atoms with Crippen molar-refractivity contribution in [2.45, 2.75) is 18.7 Å². The molecule has 8 nitrogen and oxygen atoms in total. The number of methoxy groups -OCH3 is 2. The number of anilines is 1. The van der Waals surface area contributed by atoms with Crippen LogP contribution in [0.1, 0.15) is 11.1 Å². The van der Waals surface area contributed by atoms with Gasteiger partial charge in [0.1, 0.15) is 0 Å². The summed E-state index contributed by atoms with van der Waals surface area (Å²) in [7, 11) is -0.332. The molecule has 0 radical (unpaired) electrons. The molecular weight excluding hydrogens is 440 g/mol. The van der Waals surface area contributed by atoms with Crippen molar-refractivity contribution in [2.24, 2.45) is 0 Å². The van der Waals surface area contributed by atoms with E-state index < -0.39 is 10.0 Å². The van der Waals surface area contributed by atoms with Gasteiger partial charge in [0.05, 0.1) is 24.8 Å². The Morgan fingerprint density at radius 2 is 1.55 bits per heavy atom. The first kappa shape index (κ1) is 23.0. The molecule has 0 atom stereocenters. The molecule has 0 spiro atoms. The molecule has 1 saturated heterocycles. The van der Waals surface area contributed by atoms with Crippen LogP contribution in [0.5, 0.6) is 11.5 Å². The van der Waals surface area contributed by atoms with Gasteiger partial charge in [0.15, 0.2) is 17.3 Å². The first-order valence-electron chi connectivity index (χ1n) is 10.7. The maximum atomic E-state index is 13.1. The van der Waals surface area contributed by atoms with Crippen LogP contribution in [0.2, 0.25) is 0 Å². The summed E-state index contributed by atoms with van der Waals surface area (Å²) in [6.07, 6.45) is 0. The Labute approximate surface area is 194 Å². The molecule has 1 aliphatic heterocycles. The number of piperazine rings is 1. The van der Waals surface area contributed by atoms with Gasteiger partial charge in [-0.1, -0.05) is 17.7 Å². The van der Waals surface area contributed by atoms with E-state index in [1.165, 1.54) is 0 Å². The van der Waals surface area contributed by atoms with Gasteiger partial charge in [-0.05, 0) is 55.8 Å². The van der Waals surface area contributed by atoms with Crippen molar-refractivity contribution in [3.8, 4) is 22.8 Å². The molecule has 0 aliphatic carbocycles. The van der Waals surface area contributed by atoms with Crippen LogP contribution < -0.4 is 14.4 Å². The molecule has 0 unspecified atom stereocenters. The number of sulfonamides is 1. The Balaban J connectivity index is 1.45. The lowest BCUT2D eigenvalue weighted by molar-refractivity contribution is 0.355. The molecule has 33 heavy (non-hydrogen) atoms. The van der Waals surface area contributed by atoms with Gasteiger partial charge in [0.2, 0.25) is 10.0 Å². The lowest BCUT2D eigenvalue weighted by Crippen LogP contribution is -2.49. The fraction of sp³-hybridized carbons (Fsp3) is 0.333. The number of benzene rings is 2. The van der Waals surface area contributed by atoms with Crippen molar-refractivity contribution in [3.63, 3.8) is 0 Å². The molecule has 0 bridgehead atoms. The molecule has 3 aromatic rings. The monoisotopic (exact) mass is 468 g/mol. The topological polar surface area (TPSA) is 84.9 Å². The zero-order chi connectivity index (χ0) is 23.6. The summed E-state index contributed by atoms with van der Waals surface area (Å²) in [5.74, 6) is 2.00. The number of aryl methyl sites for hydroxylation is 2.